The third kappa shape index (κ3) is 3.22. The Morgan fingerprint density at radius 2 is 2.10 bits per heavy atom. The Labute approximate surface area is 123 Å². The molecule has 0 saturated heterocycles. The lowest BCUT2D eigenvalue weighted by atomic mass is 10.2. The van der Waals surface area contributed by atoms with Crippen LogP contribution in [0.3, 0.4) is 0 Å². The molecule has 2 aromatic rings. The second-order valence-electron chi connectivity index (χ2n) is 4.62. The Balaban J connectivity index is 2.55. The summed E-state index contributed by atoms with van der Waals surface area (Å²) in [7, 11) is 1.61. The average molecular weight is 314 g/mol. The van der Waals surface area contributed by atoms with E-state index in [0.29, 0.717) is 16.7 Å². The van der Waals surface area contributed by atoms with Crippen molar-refractivity contribution in [2.75, 3.05) is 0 Å². The van der Waals surface area contributed by atoms with Gasteiger partial charge in [-0.25, -0.2) is 8.42 Å². The fourth-order valence-corrected chi connectivity index (χ4v) is 3.10. The van der Waals surface area contributed by atoms with Crippen molar-refractivity contribution in [1.82, 2.24) is 4.98 Å². The molecule has 0 saturated carbocycles. The van der Waals surface area contributed by atoms with Gasteiger partial charge in [0.05, 0.1) is 11.6 Å². The second kappa shape index (κ2) is 5.97. The van der Waals surface area contributed by atoms with E-state index in [4.69, 9.17) is 15.4 Å². The highest BCUT2D eigenvalue weighted by Gasteiger charge is 2.18. The number of rotatable bonds is 5. The summed E-state index contributed by atoms with van der Waals surface area (Å²) in [6.45, 7) is 4.07. The van der Waals surface area contributed by atoms with E-state index in [1.807, 2.05) is 6.92 Å². The summed E-state index contributed by atoms with van der Waals surface area (Å²) in [6.07, 6.45) is 3.54. The predicted molar refractivity (Wildman–Crippen MR) is 79.8 cm³/mol. The molecule has 1 aromatic carbocycles. The topological polar surface area (TPSA) is 56.3 Å². The number of ether oxygens (including phenoxy) is 1. The molecule has 0 spiro atoms. The van der Waals surface area contributed by atoms with Crippen LogP contribution >= 0.6 is 10.7 Å². The maximum atomic E-state index is 11.6. The summed E-state index contributed by atoms with van der Waals surface area (Å²) in [5.41, 5.74) is 0.337. The van der Waals surface area contributed by atoms with Crippen LogP contribution in [0.2, 0.25) is 0 Å². The third-order valence-electron chi connectivity index (χ3n) is 2.98. The molecule has 108 valence electrons. The molecule has 0 aliphatic rings. The highest BCUT2D eigenvalue weighted by atomic mass is 35.7. The SMILES string of the molecule is CCCC(C)Oc1ccc(S(=O)(=O)Cl)c2ncccc12. The van der Waals surface area contributed by atoms with Gasteiger partial charge < -0.3 is 4.74 Å². The van der Waals surface area contributed by atoms with E-state index in [0.717, 1.165) is 12.8 Å². The van der Waals surface area contributed by atoms with Gasteiger partial charge in [-0.3, -0.25) is 4.98 Å². The molecule has 0 fully saturated rings. The summed E-state index contributed by atoms with van der Waals surface area (Å²) in [4.78, 5) is 4.12. The van der Waals surface area contributed by atoms with Crippen molar-refractivity contribution in [3.63, 3.8) is 0 Å². The van der Waals surface area contributed by atoms with Crippen molar-refractivity contribution in [3.8, 4) is 5.75 Å². The highest BCUT2D eigenvalue weighted by Crippen LogP contribution is 2.31. The average Bonchev–Trinajstić information content (AvgIpc) is 2.38. The van der Waals surface area contributed by atoms with E-state index in [1.54, 1.807) is 18.2 Å². The van der Waals surface area contributed by atoms with E-state index >= 15 is 0 Å². The minimum absolute atomic E-state index is 0.00487. The highest BCUT2D eigenvalue weighted by molar-refractivity contribution is 8.14. The number of halogens is 1. The molecule has 0 amide bonds. The Bertz CT molecular complexity index is 715. The Morgan fingerprint density at radius 1 is 1.35 bits per heavy atom. The number of benzene rings is 1. The third-order valence-corrected chi connectivity index (χ3v) is 4.33. The van der Waals surface area contributed by atoms with Gasteiger partial charge in [0.25, 0.3) is 9.05 Å². The Hall–Kier alpha value is -1.33. The summed E-state index contributed by atoms with van der Waals surface area (Å²) in [5.74, 6) is 0.623. The van der Waals surface area contributed by atoms with Gasteiger partial charge in [-0.2, -0.15) is 0 Å². The lowest BCUT2D eigenvalue weighted by Gasteiger charge is -2.16. The quantitative estimate of drug-likeness (QED) is 0.789. The molecule has 0 bridgehead atoms. The van der Waals surface area contributed by atoms with Crippen LogP contribution in [-0.2, 0) is 9.05 Å². The molecule has 0 aliphatic carbocycles. The van der Waals surface area contributed by atoms with Crippen LogP contribution < -0.4 is 4.74 Å². The Morgan fingerprint density at radius 3 is 2.75 bits per heavy atom. The van der Waals surface area contributed by atoms with E-state index < -0.39 is 9.05 Å². The number of aromatic nitrogens is 1. The fourth-order valence-electron chi connectivity index (χ4n) is 2.10. The van der Waals surface area contributed by atoms with Crippen molar-refractivity contribution < 1.29 is 13.2 Å². The Kier molecular flexibility index (Phi) is 4.50. The van der Waals surface area contributed by atoms with Gasteiger partial charge in [0, 0.05) is 22.3 Å². The molecule has 2 rings (SSSR count). The number of pyridine rings is 1. The van der Waals surface area contributed by atoms with Crippen LogP contribution in [0.4, 0.5) is 0 Å². The first-order valence-electron chi connectivity index (χ1n) is 6.42. The molecule has 1 unspecified atom stereocenters. The van der Waals surface area contributed by atoms with Crippen molar-refractivity contribution in [3.05, 3.63) is 30.5 Å². The minimum atomic E-state index is -3.83. The molecule has 0 N–H and O–H groups in total. The summed E-state index contributed by atoms with van der Waals surface area (Å²) in [6, 6.07) is 6.59. The van der Waals surface area contributed by atoms with Gasteiger partial charge in [0.2, 0.25) is 0 Å². The number of nitrogens with zero attached hydrogens (tertiary/aromatic N) is 1. The summed E-state index contributed by atoms with van der Waals surface area (Å²) < 4.78 is 29.0. The van der Waals surface area contributed by atoms with Gasteiger partial charge >= 0.3 is 0 Å². The van der Waals surface area contributed by atoms with Crippen molar-refractivity contribution in [2.24, 2.45) is 0 Å². The van der Waals surface area contributed by atoms with Crippen LogP contribution in [0.1, 0.15) is 26.7 Å². The van der Waals surface area contributed by atoms with Crippen molar-refractivity contribution in [2.45, 2.75) is 37.7 Å². The molecule has 4 nitrogen and oxygen atoms in total. The first kappa shape index (κ1) is 15.1. The zero-order valence-electron chi connectivity index (χ0n) is 11.3. The van der Waals surface area contributed by atoms with E-state index in [2.05, 4.69) is 11.9 Å². The lowest BCUT2D eigenvalue weighted by Crippen LogP contribution is -2.11. The van der Waals surface area contributed by atoms with Crippen LogP contribution in [0.25, 0.3) is 10.9 Å². The van der Waals surface area contributed by atoms with E-state index in [9.17, 15) is 8.42 Å². The molecule has 0 aliphatic heterocycles. The standard InChI is InChI=1S/C14H16ClNO3S/c1-3-5-10(2)19-12-7-8-13(20(15,17)18)14-11(12)6-4-9-16-14/h4,6-10H,3,5H2,1-2H3. The summed E-state index contributed by atoms with van der Waals surface area (Å²) >= 11 is 0. The maximum absolute atomic E-state index is 11.6. The van der Waals surface area contributed by atoms with Crippen molar-refractivity contribution in [1.29, 1.82) is 0 Å². The fraction of sp³-hybridized carbons (Fsp3) is 0.357. The molecule has 1 atom stereocenters. The van der Waals surface area contributed by atoms with Gasteiger partial charge in [0.15, 0.2) is 0 Å². The smallest absolute Gasteiger partial charge is 0.263 e. The molecular weight excluding hydrogens is 298 g/mol. The van der Waals surface area contributed by atoms with Crippen LogP contribution in [0.5, 0.6) is 5.75 Å². The summed E-state index contributed by atoms with van der Waals surface area (Å²) in [5, 5.41) is 0.650. The number of fused-ring (bicyclic) bond motifs is 1. The van der Waals surface area contributed by atoms with Gasteiger partial charge in [-0.15, -0.1) is 0 Å². The molecule has 20 heavy (non-hydrogen) atoms. The number of hydrogen-bond acceptors (Lipinski definition) is 4. The van der Waals surface area contributed by atoms with Gasteiger partial charge in [-0.05, 0) is 37.6 Å². The van der Waals surface area contributed by atoms with Crippen molar-refractivity contribution >= 4 is 30.6 Å². The zero-order valence-corrected chi connectivity index (χ0v) is 12.9. The first-order chi connectivity index (χ1) is 9.43. The lowest BCUT2D eigenvalue weighted by molar-refractivity contribution is 0.212. The molecule has 1 aromatic heterocycles. The normalized spacial score (nSPS) is 13.3. The zero-order chi connectivity index (χ0) is 14.8. The van der Waals surface area contributed by atoms with Crippen LogP contribution in [0.15, 0.2) is 35.4 Å². The molecule has 1 heterocycles. The largest absolute Gasteiger partial charge is 0.490 e. The predicted octanol–water partition coefficient (Wildman–Crippen LogP) is 3.73. The van der Waals surface area contributed by atoms with Crippen LogP contribution in [0, 0.1) is 0 Å². The molecular formula is C14H16ClNO3S. The van der Waals surface area contributed by atoms with Crippen LogP contribution in [-0.4, -0.2) is 19.5 Å². The second-order valence-corrected chi connectivity index (χ2v) is 7.15. The van der Waals surface area contributed by atoms with E-state index in [1.165, 1.54) is 12.3 Å². The van der Waals surface area contributed by atoms with Gasteiger partial charge in [0.1, 0.15) is 10.6 Å². The maximum Gasteiger partial charge on any atom is 0.263 e. The molecule has 6 heteroatoms. The monoisotopic (exact) mass is 313 g/mol. The molecule has 0 radical (unpaired) electrons. The van der Waals surface area contributed by atoms with E-state index in [-0.39, 0.29) is 11.0 Å². The van der Waals surface area contributed by atoms with Gasteiger partial charge in [-0.1, -0.05) is 13.3 Å². The number of hydrogen-bond donors (Lipinski definition) is 0. The minimum Gasteiger partial charge on any atom is -0.490 e. The first-order valence-corrected chi connectivity index (χ1v) is 8.73.